The minimum atomic E-state index is -1.02. The fourth-order valence-corrected chi connectivity index (χ4v) is 2.85. The van der Waals surface area contributed by atoms with E-state index in [9.17, 15) is 4.55 Å². The van der Waals surface area contributed by atoms with E-state index in [2.05, 4.69) is 22.4 Å². The lowest BCUT2D eigenvalue weighted by atomic mass is 11.0. The Morgan fingerprint density at radius 2 is 2.14 bits per heavy atom. The van der Waals surface area contributed by atoms with Crippen LogP contribution in [-0.2, 0) is 39.6 Å². The molecule has 0 rings (SSSR count). The molecule has 1 unspecified atom stereocenters. The van der Waals surface area contributed by atoms with Gasteiger partial charge in [-0.15, -0.1) is 0 Å². The van der Waals surface area contributed by atoms with Crippen LogP contribution in [0.2, 0.25) is 0 Å². The zero-order valence-electron chi connectivity index (χ0n) is 3.79. The second-order valence-corrected chi connectivity index (χ2v) is 9.09. The summed E-state index contributed by atoms with van der Waals surface area (Å²) in [7, 11) is -1.91. The van der Waals surface area contributed by atoms with E-state index in [0.717, 1.165) is 0 Å². The Labute approximate surface area is 56.9 Å². The molecule has 0 bridgehead atoms. The summed E-state index contributed by atoms with van der Waals surface area (Å²) < 4.78 is 10.4. The van der Waals surface area contributed by atoms with Crippen molar-refractivity contribution in [2.75, 3.05) is 5.75 Å². The lowest BCUT2D eigenvalue weighted by Crippen LogP contribution is -2.01. The van der Waals surface area contributed by atoms with Gasteiger partial charge in [-0.2, -0.15) is 0 Å². The molecule has 44 valence electrons. The molecule has 0 amide bonds. The summed E-state index contributed by atoms with van der Waals surface area (Å²) in [6.07, 6.45) is 0. The van der Waals surface area contributed by atoms with Crippen LogP contribution >= 0.6 is 0 Å². The summed E-state index contributed by atoms with van der Waals surface area (Å²) in [6, 6.07) is 0. The molecule has 7 heavy (non-hydrogen) atoms. The zero-order chi connectivity index (χ0) is 5.86. The first-order chi connectivity index (χ1) is 3.18. The summed E-state index contributed by atoms with van der Waals surface area (Å²) in [5, 5.41) is 0. The van der Waals surface area contributed by atoms with Crippen LogP contribution in [-0.4, -0.2) is 10.3 Å². The third-order valence-electron chi connectivity index (χ3n) is 0.413. The van der Waals surface area contributed by atoms with Crippen LogP contribution in [0.1, 0.15) is 6.92 Å². The molecule has 1 nitrogen and oxygen atoms in total. The highest BCUT2D eigenvalue weighted by molar-refractivity contribution is 8.86. The van der Waals surface area contributed by atoms with Crippen molar-refractivity contribution in [3.05, 3.63) is 0 Å². The standard InChI is InChI=1S/C2H6OS4/c1-2-6(3)7(4)5/h7H,2H2,1H3. The molecule has 5 heteroatoms. The van der Waals surface area contributed by atoms with E-state index in [1.165, 1.54) is 0 Å². The smallest absolute Gasteiger partial charge is 0.115 e. The van der Waals surface area contributed by atoms with Crippen LogP contribution in [0.25, 0.3) is 0 Å². The molecular weight excluding hydrogens is 168 g/mol. The van der Waals surface area contributed by atoms with Crippen molar-refractivity contribution in [1.29, 1.82) is 0 Å². The van der Waals surface area contributed by atoms with E-state index in [0.29, 0.717) is 5.75 Å². The lowest BCUT2D eigenvalue weighted by molar-refractivity contribution is 0.610. The minimum absolute atomic E-state index is 0.610. The van der Waals surface area contributed by atoms with Gasteiger partial charge in [0.1, 0.15) is 5.75 Å². The Morgan fingerprint density at radius 3 is 2.14 bits per heavy atom. The molecule has 0 aromatic heterocycles. The first-order valence-corrected chi connectivity index (χ1v) is 7.00. The van der Waals surface area contributed by atoms with E-state index in [1.54, 1.807) is 0 Å². The highest BCUT2D eigenvalue weighted by atomic mass is 33.5. The molecule has 0 spiro atoms. The average molecular weight is 174 g/mol. The van der Waals surface area contributed by atoms with E-state index in [1.807, 2.05) is 6.92 Å². The van der Waals surface area contributed by atoms with Gasteiger partial charge in [-0.3, -0.25) is 0 Å². The summed E-state index contributed by atoms with van der Waals surface area (Å²) >= 11 is 9.16. The summed E-state index contributed by atoms with van der Waals surface area (Å²) in [6.45, 7) is 1.82. The molecule has 0 radical (unpaired) electrons. The van der Waals surface area contributed by atoms with E-state index in [4.69, 9.17) is 0 Å². The third kappa shape index (κ3) is 3.66. The van der Waals surface area contributed by atoms with Gasteiger partial charge in [0.25, 0.3) is 0 Å². The van der Waals surface area contributed by atoms with Gasteiger partial charge in [-0.25, -0.2) is 0 Å². The van der Waals surface area contributed by atoms with E-state index < -0.39 is 17.3 Å². The largest absolute Gasteiger partial charge is 0.605 e. The SMILES string of the molecule is CC[S+]([O-])[SH](=S)=S. The van der Waals surface area contributed by atoms with Crippen molar-refractivity contribution in [2.45, 2.75) is 6.92 Å². The van der Waals surface area contributed by atoms with Crippen molar-refractivity contribution in [3.8, 4) is 0 Å². The van der Waals surface area contributed by atoms with Crippen molar-refractivity contribution in [3.63, 3.8) is 0 Å². The molecule has 0 heterocycles. The number of rotatable bonds is 2. The topological polar surface area (TPSA) is 23.1 Å². The molecule has 0 aromatic carbocycles. The van der Waals surface area contributed by atoms with Crippen molar-refractivity contribution in [1.82, 2.24) is 0 Å². The van der Waals surface area contributed by atoms with Gasteiger partial charge in [0, 0.05) is 32.6 Å². The quantitative estimate of drug-likeness (QED) is 0.360. The minimum Gasteiger partial charge on any atom is -0.605 e. The number of thiol groups is 1. The van der Waals surface area contributed by atoms with Crippen LogP contribution in [0.5, 0.6) is 0 Å². The van der Waals surface area contributed by atoms with E-state index in [-0.39, 0.29) is 0 Å². The van der Waals surface area contributed by atoms with E-state index >= 15 is 0 Å². The van der Waals surface area contributed by atoms with Gasteiger partial charge in [0.15, 0.2) is 0 Å². The molecular formula is C2H6OS4. The molecule has 0 aliphatic rings. The lowest BCUT2D eigenvalue weighted by Gasteiger charge is -1.98. The highest BCUT2D eigenvalue weighted by Crippen LogP contribution is 1.87. The van der Waals surface area contributed by atoms with Gasteiger partial charge < -0.3 is 4.55 Å². The van der Waals surface area contributed by atoms with Crippen molar-refractivity contribution in [2.24, 2.45) is 0 Å². The highest BCUT2D eigenvalue weighted by Gasteiger charge is 1.93. The van der Waals surface area contributed by atoms with Crippen molar-refractivity contribution >= 4 is 39.6 Å². The Hall–Kier alpha value is 1.10. The summed E-state index contributed by atoms with van der Waals surface area (Å²) in [5.41, 5.74) is 0. The van der Waals surface area contributed by atoms with Crippen LogP contribution in [0.15, 0.2) is 0 Å². The molecule has 0 aliphatic carbocycles. The monoisotopic (exact) mass is 174 g/mol. The molecule has 0 saturated carbocycles. The fraction of sp³-hybridized carbons (Fsp3) is 1.00. The van der Waals surface area contributed by atoms with Crippen LogP contribution < -0.4 is 0 Å². The fourth-order valence-electron chi connectivity index (χ4n) is 0.105. The average Bonchev–Trinajstić information content (AvgIpc) is 1.65. The Morgan fingerprint density at radius 1 is 1.71 bits per heavy atom. The Balaban J connectivity index is 3.57. The maximum Gasteiger partial charge on any atom is 0.115 e. The maximum absolute atomic E-state index is 10.4. The number of hydrogen-bond donors (Lipinski definition) is 1. The molecule has 0 N–H and O–H groups in total. The molecule has 0 fully saturated rings. The number of hydrogen-bond acceptors (Lipinski definition) is 3. The van der Waals surface area contributed by atoms with Gasteiger partial charge >= 0.3 is 0 Å². The van der Waals surface area contributed by atoms with Gasteiger partial charge in [-0.1, -0.05) is 0 Å². The first-order valence-electron chi connectivity index (χ1n) is 1.71. The first kappa shape index (κ1) is 8.10. The van der Waals surface area contributed by atoms with Crippen LogP contribution in [0.3, 0.4) is 0 Å². The molecule has 0 saturated heterocycles. The van der Waals surface area contributed by atoms with Gasteiger partial charge in [0.05, 0.1) is 7.05 Å². The molecule has 0 aromatic rings. The Bertz CT molecular complexity index is 98.3. The van der Waals surface area contributed by atoms with Crippen LogP contribution in [0.4, 0.5) is 0 Å². The Kier molecular flexibility index (Phi) is 4.66. The van der Waals surface area contributed by atoms with Gasteiger partial charge in [0.2, 0.25) is 0 Å². The predicted molar refractivity (Wildman–Crippen MR) is 42.2 cm³/mol. The molecule has 1 atom stereocenters. The third-order valence-corrected chi connectivity index (χ3v) is 6.00. The second kappa shape index (κ2) is 4.03. The summed E-state index contributed by atoms with van der Waals surface area (Å²) in [5.74, 6) is 0.610. The van der Waals surface area contributed by atoms with Crippen LogP contribution in [0, 0.1) is 0 Å². The van der Waals surface area contributed by atoms with Crippen molar-refractivity contribution < 1.29 is 4.55 Å². The summed E-state index contributed by atoms with van der Waals surface area (Å²) in [4.78, 5) is 0. The zero-order valence-corrected chi connectivity index (χ0v) is 7.13. The maximum atomic E-state index is 10.4. The second-order valence-electron chi connectivity index (χ2n) is 0.834. The predicted octanol–water partition coefficient (Wildman–Crippen LogP) is -0.0556. The van der Waals surface area contributed by atoms with Gasteiger partial charge in [-0.05, 0) is 6.92 Å². The normalized spacial score (nSPS) is 14.7. The molecule has 0 aliphatic heterocycles.